The largest absolute Gasteiger partial charge is 0.394 e. The molecule has 0 saturated heterocycles. The topological polar surface area (TPSA) is 12.0 Å². The Morgan fingerprint density at radius 3 is 1.78 bits per heavy atom. The second-order valence-electron chi connectivity index (χ2n) is 1.92. The summed E-state index contributed by atoms with van der Waals surface area (Å²) in [7, 11) is 1.90. The van der Waals surface area contributed by atoms with Crippen LogP contribution in [0.2, 0.25) is 0 Å². The lowest BCUT2D eigenvalue weighted by Crippen LogP contribution is -1.91. The van der Waals surface area contributed by atoms with Gasteiger partial charge in [0.1, 0.15) is 0 Å². The fourth-order valence-corrected chi connectivity index (χ4v) is 0.289. The Hall–Kier alpha value is -0.720. The monoisotopic (exact) mass is 127 g/mol. The molecule has 0 aliphatic heterocycles. The van der Waals surface area contributed by atoms with Gasteiger partial charge in [-0.25, -0.2) is 0 Å². The molecule has 0 spiro atoms. The van der Waals surface area contributed by atoms with E-state index in [1.165, 1.54) is 5.57 Å². The summed E-state index contributed by atoms with van der Waals surface area (Å²) >= 11 is 0. The minimum atomic E-state index is 1.30. The van der Waals surface area contributed by atoms with Crippen LogP contribution in [0.4, 0.5) is 0 Å². The van der Waals surface area contributed by atoms with Crippen LogP contribution in [0.1, 0.15) is 20.8 Å². The molecule has 0 aliphatic carbocycles. The van der Waals surface area contributed by atoms with Crippen molar-refractivity contribution in [3.8, 4) is 0 Å². The summed E-state index contributed by atoms with van der Waals surface area (Å²) in [6, 6.07) is 0. The molecule has 0 aliphatic rings. The molecule has 0 atom stereocenters. The van der Waals surface area contributed by atoms with Gasteiger partial charge in [-0.05, 0) is 27.0 Å². The Balaban J connectivity index is 0. The van der Waals surface area contributed by atoms with E-state index in [-0.39, 0.29) is 0 Å². The van der Waals surface area contributed by atoms with Crippen LogP contribution in [-0.4, -0.2) is 7.05 Å². The third-order valence-electron chi connectivity index (χ3n) is 0.433. The molecular weight excluding hydrogens is 110 g/mol. The molecule has 0 amide bonds. The zero-order valence-corrected chi connectivity index (χ0v) is 6.86. The van der Waals surface area contributed by atoms with Gasteiger partial charge >= 0.3 is 0 Å². The SMILES string of the molecule is C=CC.CNC=C(C)C. The van der Waals surface area contributed by atoms with Gasteiger partial charge in [-0.2, -0.15) is 0 Å². The predicted molar refractivity (Wildman–Crippen MR) is 44.4 cm³/mol. The lowest BCUT2D eigenvalue weighted by Gasteiger charge is -1.84. The van der Waals surface area contributed by atoms with Crippen LogP contribution >= 0.6 is 0 Å². The molecule has 0 radical (unpaired) electrons. The summed E-state index contributed by atoms with van der Waals surface area (Å²) in [5, 5.41) is 2.91. The molecule has 0 aromatic carbocycles. The van der Waals surface area contributed by atoms with E-state index in [1.807, 2.05) is 20.2 Å². The zero-order valence-electron chi connectivity index (χ0n) is 6.86. The van der Waals surface area contributed by atoms with Crippen LogP contribution in [0.25, 0.3) is 0 Å². The second-order valence-corrected chi connectivity index (χ2v) is 1.92. The van der Waals surface area contributed by atoms with Crippen molar-refractivity contribution in [2.24, 2.45) is 0 Å². The van der Waals surface area contributed by atoms with Crippen LogP contribution < -0.4 is 5.32 Å². The number of rotatable bonds is 1. The summed E-state index contributed by atoms with van der Waals surface area (Å²) in [6.45, 7) is 9.35. The molecule has 1 N–H and O–H groups in total. The van der Waals surface area contributed by atoms with Crippen molar-refractivity contribution in [2.45, 2.75) is 20.8 Å². The molecule has 0 rings (SSSR count). The number of hydrogen-bond donors (Lipinski definition) is 1. The smallest absolute Gasteiger partial charge is 0.00276 e. The van der Waals surface area contributed by atoms with E-state index >= 15 is 0 Å². The lowest BCUT2D eigenvalue weighted by atomic mass is 10.4. The van der Waals surface area contributed by atoms with Crippen molar-refractivity contribution in [3.05, 3.63) is 24.4 Å². The summed E-state index contributed by atoms with van der Waals surface area (Å²) < 4.78 is 0. The van der Waals surface area contributed by atoms with Crippen molar-refractivity contribution in [1.82, 2.24) is 5.32 Å². The maximum absolute atomic E-state index is 3.36. The molecule has 0 fully saturated rings. The Morgan fingerprint density at radius 2 is 1.78 bits per heavy atom. The van der Waals surface area contributed by atoms with Crippen LogP contribution in [0.15, 0.2) is 24.4 Å². The van der Waals surface area contributed by atoms with Gasteiger partial charge in [0.25, 0.3) is 0 Å². The first-order valence-electron chi connectivity index (χ1n) is 3.06. The first-order chi connectivity index (χ1) is 4.18. The molecule has 0 heterocycles. The van der Waals surface area contributed by atoms with E-state index in [9.17, 15) is 0 Å². The predicted octanol–water partition coefficient (Wildman–Crippen LogP) is 2.32. The average molecular weight is 127 g/mol. The normalized spacial score (nSPS) is 6.22. The van der Waals surface area contributed by atoms with Crippen molar-refractivity contribution in [1.29, 1.82) is 0 Å². The summed E-state index contributed by atoms with van der Waals surface area (Å²) in [5.74, 6) is 0. The molecule has 0 aromatic rings. The highest BCUT2D eigenvalue weighted by atomic mass is 14.8. The quantitative estimate of drug-likeness (QED) is 0.533. The molecule has 9 heavy (non-hydrogen) atoms. The minimum absolute atomic E-state index is 1.30. The minimum Gasteiger partial charge on any atom is -0.394 e. The van der Waals surface area contributed by atoms with Crippen molar-refractivity contribution < 1.29 is 0 Å². The van der Waals surface area contributed by atoms with Gasteiger partial charge < -0.3 is 5.32 Å². The van der Waals surface area contributed by atoms with E-state index in [0.717, 1.165) is 0 Å². The molecule has 54 valence electrons. The molecule has 0 saturated carbocycles. The third kappa shape index (κ3) is 39.0. The summed E-state index contributed by atoms with van der Waals surface area (Å²) in [5.41, 5.74) is 1.30. The molecule has 0 aromatic heterocycles. The fourth-order valence-electron chi connectivity index (χ4n) is 0.289. The van der Waals surface area contributed by atoms with Gasteiger partial charge in [-0.1, -0.05) is 11.6 Å². The molecule has 1 heteroatoms. The Morgan fingerprint density at radius 1 is 1.44 bits per heavy atom. The Bertz CT molecular complexity index is 78.6. The van der Waals surface area contributed by atoms with Crippen LogP contribution in [0.5, 0.6) is 0 Å². The van der Waals surface area contributed by atoms with E-state index in [0.29, 0.717) is 0 Å². The van der Waals surface area contributed by atoms with Crippen molar-refractivity contribution in [2.75, 3.05) is 7.05 Å². The van der Waals surface area contributed by atoms with Crippen molar-refractivity contribution in [3.63, 3.8) is 0 Å². The van der Waals surface area contributed by atoms with Gasteiger partial charge in [0.2, 0.25) is 0 Å². The van der Waals surface area contributed by atoms with Crippen LogP contribution in [0, 0.1) is 0 Å². The maximum Gasteiger partial charge on any atom is 0.00276 e. The molecule has 1 nitrogen and oxygen atoms in total. The Kier molecular flexibility index (Phi) is 12.7. The van der Waals surface area contributed by atoms with Crippen molar-refractivity contribution >= 4 is 0 Å². The van der Waals surface area contributed by atoms with Gasteiger partial charge in [-0.15, -0.1) is 6.58 Å². The van der Waals surface area contributed by atoms with Crippen LogP contribution in [0.3, 0.4) is 0 Å². The molecular formula is C8H17N. The third-order valence-corrected chi connectivity index (χ3v) is 0.433. The highest BCUT2D eigenvalue weighted by Crippen LogP contribution is 1.80. The van der Waals surface area contributed by atoms with E-state index < -0.39 is 0 Å². The number of allylic oxidation sites excluding steroid dienone is 2. The molecule has 0 unspecified atom stereocenters. The number of nitrogens with one attached hydrogen (secondary N) is 1. The summed E-state index contributed by atoms with van der Waals surface area (Å²) in [4.78, 5) is 0. The first-order valence-corrected chi connectivity index (χ1v) is 3.06. The Labute approximate surface area is 58.5 Å². The first kappa shape index (κ1) is 11.1. The van der Waals surface area contributed by atoms with E-state index in [1.54, 1.807) is 6.08 Å². The average Bonchev–Trinajstić information content (AvgIpc) is 1.67. The highest BCUT2D eigenvalue weighted by Gasteiger charge is 1.65. The van der Waals surface area contributed by atoms with Gasteiger partial charge in [0, 0.05) is 7.05 Å². The fraction of sp³-hybridized carbons (Fsp3) is 0.500. The van der Waals surface area contributed by atoms with Crippen LogP contribution in [-0.2, 0) is 0 Å². The maximum atomic E-state index is 3.36. The summed E-state index contributed by atoms with van der Waals surface area (Å²) in [6.07, 6.45) is 3.71. The second kappa shape index (κ2) is 10.3. The van der Waals surface area contributed by atoms with Gasteiger partial charge in [0.05, 0.1) is 0 Å². The highest BCUT2D eigenvalue weighted by molar-refractivity contribution is 4.89. The van der Waals surface area contributed by atoms with Gasteiger partial charge in [0.15, 0.2) is 0 Å². The van der Waals surface area contributed by atoms with E-state index in [4.69, 9.17) is 0 Å². The van der Waals surface area contributed by atoms with E-state index in [2.05, 4.69) is 25.7 Å². The number of hydrogen-bond acceptors (Lipinski definition) is 1. The lowest BCUT2D eigenvalue weighted by molar-refractivity contribution is 1.07. The molecule has 0 bridgehead atoms. The standard InChI is InChI=1S/C5H11N.C3H6/c1-5(2)4-6-3;1-3-2/h4,6H,1-3H3;3H,1H2,2H3. The van der Waals surface area contributed by atoms with Gasteiger partial charge in [-0.3, -0.25) is 0 Å². The zero-order chi connectivity index (χ0) is 7.70.